The molecule has 0 atom stereocenters. The number of hydrogen-bond donors (Lipinski definition) is 0. The molecule has 0 aliphatic heterocycles. The van der Waals surface area contributed by atoms with Gasteiger partial charge in [0.05, 0.1) is 23.2 Å². The van der Waals surface area contributed by atoms with Gasteiger partial charge in [-0.25, -0.2) is 0 Å². The molecule has 3 rings (SSSR count). The van der Waals surface area contributed by atoms with E-state index >= 15 is 0 Å². The lowest BCUT2D eigenvalue weighted by Gasteiger charge is -2.04. The van der Waals surface area contributed by atoms with Crippen LogP contribution in [0.1, 0.15) is 0 Å². The number of benzene rings is 2. The molecule has 5 heteroatoms. The zero-order chi connectivity index (χ0) is 13.6. The number of ether oxygens (including phenoxy) is 2. The van der Waals surface area contributed by atoms with Crippen molar-refractivity contribution in [3.63, 3.8) is 0 Å². The van der Waals surface area contributed by atoms with Crippen LogP contribution in [0, 0.1) is 0 Å². The fourth-order valence-electron chi connectivity index (χ4n) is 2.09. The van der Waals surface area contributed by atoms with Gasteiger partial charge < -0.3 is 9.47 Å². The molecule has 2 aromatic carbocycles. The van der Waals surface area contributed by atoms with E-state index in [4.69, 9.17) is 9.47 Å². The molecular formula is C14H10Br2O2S. The first-order valence-electron chi connectivity index (χ1n) is 5.57. The molecule has 2 nitrogen and oxygen atoms in total. The van der Waals surface area contributed by atoms with E-state index in [1.54, 1.807) is 25.6 Å². The van der Waals surface area contributed by atoms with Crippen LogP contribution >= 0.6 is 43.2 Å². The summed E-state index contributed by atoms with van der Waals surface area (Å²) in [6.07, 6.45) is 0. The molecule has 0 radical (unpaired) electrons. The second-order valence-corrected chi connectivity index (χ2v) is 6.86. The molecule has 98 valence electrons. The maximum atomic E-state index is 5.37. The van der Waals surface area contributed by atoms with Gasteiger partial charge in [0, 0.05) is 20.2 Å². The van der Waals surface area contributed by atoms with Crippen molar-refractivity contribution in [1.82, 2.24) is 0 Å². The maximum Gasteiger partial charge on any atom is 0.133 e. The Morgan fingerprint density at radius 1 is 0.789 bits per heavy atom. The van der Waals surface area contributed by atoms with Crippen LogP contribution in [0.2, 0.25) is 0 Å². The maximum absolute atomic E-state index is 5.37. The molecule has 0 saturated carbocycles. The standard InChI is InChI=1S/C14H10Br2O2S/c1-17-11-3-7-8-4-12(18-2)10(16)6-14(8)19-13(7)5-9(11)15/h3-6H,1-2H3. The summed E-state index contributed by atoms with van der Waals surface area (Å²) in [5.41, 5.74) is 0. The van der Waals surface area contributed by atoms with Crippen LogP contribution in [0.5, 0.6) is 11.5 Å². The SMILES string of the molecule is COc1cc2c(cc1Br)sc1cc(Br)c(OC)cc12. The van der Waals surface area contributed by atoms with Crippen LogP contribution in [0.4, 0.5) is 0 Å². The minimum absolute atomic E-state index is 0.842. The highest BCUT2D eigenvalue weighted by atomic mass is 79.9. The average molecular weight is 402 g/mol. The molecule has 19 heavy (non-hydrogen) atoms. The molecule has 0 N–H and O–H groups in total. The molecule has 0 spiro atoms. The van der Waals surface area contributed by atoms with Crippen molar-refractivity contribution in [2.75, 3.05) is 14.2 Å². The first-order chi connectivity index (χ1) is 9.13. The highest BCUT2D eigenvalue weighted by molar-refractivity contribution is 9.11. The third-order valence-corrected chi connectivity index (χ3v) is 5.37. The summed E-state index contributed by atoms with van der Waals surface area (Å²) < 4.78 is 15.1. The molecule has 3 aromatic rings. The largest absolute Gasteiger partial charge is 0.496 e. The second kappa shape index (κ2) is 4.96. The van der Waals surface area contributed by atoms with E-state index in [1.165, 1.54) is 20.2 Å². The van der Waals surface area contributed by atoms with E-state index in [0.29, 0.717) is 0 Å². The Morgan fingerprint density at radius 2 is 1.21 bits per heavy atom. The van der Waals surface area contributed by atoms with E-state index in [-0.39, 0.29) is 0 Å². The summed E-state index contributed by atoms with van der Waals surface area (Å²) in [4.78, 5) is 0. The normalized spacial score (nSPS) is 11.2. The molecule has 0 amide bonds. The second-order valence-electron chi connectivity index (χ2n) is 4.07. The molecule has 0 aliphatic carbocycles. The average Bonchev–Trinajstić information content (AvgIpc) is 2.72. The molecule has 0 bridgehead atoms. The first-order valence-corrected chi connectivity index (χ1v) is 7.97. The zero-order valence-electron chi connectivity index (χ0n) is 10.3. The van der Waals surface area contributed by atoms with Crippen molar-refractivity contribution in [2.24, 2.45) is 0 Å². The molecular weight excluding hydrogens is 392 g/mol. The summed E-state index contributed by atoms with van der Waals surface area (Å²) in [7, 11) is 3.36. The lowest BCUT2D eigenvalue weighted by molar-refractivity contribution is 0.412. The van der Waals surface area contributed by atoms with Gasteiger partial charge in [0.2, 0.25) is 0 Å². The Labute approximate surface area is 131 Å². The Balaban J connectivity index is 2.41. The van der Waals surface area contributed by atoms with E-state index in [0.717, 1.165) is 20.4 Å². The molecule has 0 aliphatic rings. The van der Waals surface area contributed by atoms with Gasteiger partial charge in [-0.15, -0.1) is 11.3 Å². The number of rotatable bonds is 2. The molecule has 0 saturated heterocycles. The van der Waals surface area contributed by atoms with Gasteiger partial charge in [0.1, 0.15) is 11.5 Å². The summed E-state index contributed by atoms with van der Waals surface area (Å²) in [6, 6.07) is 8.32. The van der Waals surface area contributed by atoms with Gasteiger partial charge in [0.15, 0.2) is 0 Å². The molecule has 0 unspecified atom stereocenters. The van der Waals surface area contributed by atoms with E-state index in [1.807, 2.05) is 0 Å². The monoisotopic (exact) mass is 400 g/mol. The Morgan fingerprint density at radius 3 is 1.58 bits per heavy atom. The minimum Gasteiger partial charge on any atom is -0.496 e. The highest BCUT2D eigenvalue weighted by Crippen LogP contribution is 2.42. The van der Waals surface area contributed by atoms with Crippen LogP contribution in [-0.2, 0) is 0 Å². The highest BCUT2D eigenvalue weighted by Gasteiger charge is 2.12. The zero-order valence-corrected chi connectivity index (χ0v) is 14.3. The van der Waals surface area contributed by atoms with Gasteiger partial charge in [-0.05, 0) is 56.1 Å². The summed E-state index contributed by atoms with van der Waals surface area (Å²) in [5.74, 6) is 1.68. The Bertz CT molecular complexity index is 716. The minimum atomic E-state index is 0.842. The van der Waals surface area contributed by atoms with Crippen molar-refractivity contribution in [3.05, 3.63) is 33.2 Å². The predicted molar refractivity (Wildman–Crippen MR) is 87.8 cm³/mol. The summed E-state index contributed by atoms with van der Waals surface area (Å²) in [5, 5.41) is 2.37. The first kappa shape index (κ1) is 13.2. The van der Waals surface area contributed by atoms with Crippen LogP contribution in [0.15, 0.2) is 33.2 Å². The lowest BCUT2D eigenvalue weighted by atomic mass is 10.1. The number of halogens is 2. The quantitative estimate of drug-likeness (QED) is 0.556. The van der Waals surface area contributed by atoms with Crippen LogP contribution in [0.25, 0.3) is 20.2 Å². The van der Waals surface area contributed by atoms with Crippen molar-refractivity contribution in [2.45, 2.75) is 0 Å². The summed E-state index contributed by atoms with van der Waals surface area (Å²) >= 11 is 8.81. The third-order valence-electron chi connectivity index (χ3n) is 3.02. The van der Waals surface area contributed by atoms with E-state index in [2.05, 4.69) is 56.1 Å². The van der Waals surface area contributed by atoms with E-state index < -0.39 is 0 Å². The van der Waals surface area contributed by atoms with Gasteiger partial charge in [-0.2, -0.15) is 0 Å². The van der Waals surface area contributed by atoms with Gasteiger partial charge in [-0.1, -0.05) is 0 Å². The topological polar surface area (TPSA) is 18.5 Å². The predicted octanol–water partition coefficient (Wildman–Crippen LogP) is 5.60. The van der Waals surface area contributed by atoms with Crippen LogP contribution < -0.4 is 9.47 Å². The van der Waals surface area contributed by atoms with Crippen LogP contribution in [0.3, 0.4) is 0 Å². The third kappa shape index (κ3) is 2.14. The van der Waals surface area contributed by atoms with Gasteiger partial charge in [0.25, 0.3) is 0 Å². The Kier molecular flexibility index (Phi) is 3.45. The van der Waals surface area contributed by atoms with Crippen molar-refractivity contribution in [1.29, 1.82) is 0 Å². The fourth-order valence-corrected chi connectivity index (χ4v) is 4.55. The summed E-state index contributed by atoms with van der Waals surface area (Å²) in [6.45, 7) is 0. The lowest BCUT2D eigenvalue weighted by Crippen LogP contribution is -1.84. The van der Waals surface area contributed by atoms with Gasteiger partial charge >= 0.3 is 0 Å². The van der Waals surface area contributed by atoms with E-state index in [9.17, 15) is 0 Å². The van der Waals surface area contributed by atoms with Gasteiger partial charge in [-0.3, -0.25) is 0 Å². The molecule has 0 fully saturated rings. The van der Waals surface area contributed by atoms with Crippen molar-refractivity contribution >= 4 is 63.4 Å². The smallest absolute Gasteiger partial charge is 0.133 e. The number of methoxy groups -OCH3 is 2. The van der Waals surface area contributed by atoms with Crippen LogP contribution in [-0.4, -0.2) is 14.2 Å². The number of thiophene rings is 1. The molecule has 1 aromatic heterocycles. The number of hydrogen-bond acceptors (Lipinski definition) is 3. The van der Waals surface area contributed by atoms with Crippen molar-refractivity contribution in [3.8, 4) is 11.5 Å². The molecule has 1 heterocycles. The number of fused-ring (bicyclic) bond motifs is 3. The van der Waals surface area contributed by atoms with Crippen molar-refractivity contribution < 1.29 is 9.47 Å². The Hall–Kier alpha value is -0.780. The fraction of sp³-hybridized carbons (Fsp3) is 0.143.